The van der Waals surface area contributed by atoms with Crippen LogP contribution in [0, 0.1) is 0 Å². The van der Waals surface area contributed by atoms with Crippen molar-refractivity contribution in [3.05, 3.63) is 18.3 Å². The molecule has 0 aromatic carbocycles. The summed E-state index contributed by atoms with van der Waals surface area (Å²) in [7, 11) is 1.65. The monoisotopic (exact) mass is 235 g/mol. The first-order valence-electron chi connectivity index (χ1n) is 6.32. The summed E-state index contributed by atoms with van der Waals surface area (Å²) in [5, 5.41) is 0. The van der Waals surface area contributed by atoms with E-state index in [0.717, 1.165) is 19.5 Å². The van der Waals surface area contributed by atoms with E-state index in [1.807, 2.05) is 12.3 Å². The van der Waals surface area contributed by atoms with Crippen molar-refractivity contribution in [1.29, 1.82) is 0 Å². The number of hydrogen-bond acceptors (Lipinski definition) is 4. The van der Waals surface area contributed by atoms with Crippen LogP contribution in [0.25, 0.3) is 0 Å². The largest absolute Gasteiger partial charge is 0.481 e. The van der Waals surface area contributed by atoms with Gasteiger partial charge in [-0.3, -0.25) is 0 Å². The molecule has 17 heavy (non-hydrogen) atoms. The molecule has 1 aromatic rings. The molecule has 2 heterocycles. The second-order valence-corrected chi connectivity index (χ2v) is 4.48. The van der Waals surface area contributed by atoms with Crippen LogP contribution < -0.4 is 15.4 Å². The molecular weight excluding hydrogens is 214 g/mol. The molecule has 0 spiro atoms. The van der Waals surface area contributed by atoms with Crippen molar-refractivity contribution in [3.8, 4) is 5.88 Å². The molecule has 1 fully saturated rings. The Balaban J connectivity index is 2.08. The van der Waals surface area contributed by atoms with Crippen molar-refractivity contribution in [2.75, 3.05) is 25.1 Å². The van der Waals surface area contributed by atoms with Crippen LogP contribution in [0.3, 0.4) is 0 Å². The maximum Gasteiger partial charge on any atom is 0.214 e. The van der Waals surface area contributed by atoms with E-state index in [-0.39, 0.29) is 0 Å². The number of ether oxygens (including phenoxy) is 1. The first-order chi connectivity index (χ1) is 8.35. The lowest BCUT2D eigenvalue weighted by Crippen LogP contribution is -2.29. The van der Waals surface area contributed by atoms with Gasteiger partial charge in [0.2, 0.25) is 5.88 Å². The van der Waals surface area contributed by atoms with Crippen LogP contribution >= 0.6 is 0 Å². The second kappa shape index (κ2) is 5.87. The van der Waals surface area contributed by atoms with Gasteiger partial charge in [0.15, 0.2) is 0 Å². The van der Waals surface area contributed by atoms with Gasteiger partial charge >= 0.3 is 0 Å². The first-order valence-corrected chi connectivity index (χ1v) is 6.32. The average Bonchev–Trinajstić information content (AvgIpc) is 2.84. The Hall–Kier alpha value is -1.29. The second-order valence-electron chi connectivity index (χ2n) is 4.48. The number of anilines is 1. The van der Waals surface area contributed by atoms with Gasteiger partial charge in [-0.05, 0) is 38.3 Å². The summed E-state index contributed by atoms with van der Waals surface area (Å²) in [4.78, 5) is 6.61. The molecule has 0 bridgehead atoms. The van der Waals surface area contributed by atoms with E-state index in [1.54, 1.807) is 7.11 Å². The Labute approximate surface area is 103 Å². The molecule has 0 saturated carbocycles. The van der Waals surface area contributed by atoms with Crippen molar-refractivity contribution in [3.63, 3.8) is 0 Å². The molecule has 4 nitrogen and oxygen atoms in total. The predicted octanol–water partition coefficient (Wildman–Crippen LogP) is 1.80. The molecule has 1 aromatic heterocycles. The van der Waals surface area contributed by atoms with Crippen LogP contribution in [-0.4, -0.2) is 31.2 Å². The van der Waals surface area contributed by atoms with Gasteiger partial charge in [0.05, 0.1) is 7.11 Å². The summed E-state index contributed by atoms with van der Waals surface area (Å²) in [5.41, 5.74) is 6.81. The van der Waals surface area contributed by atoms with Gasteiger partial charge < -0.3 is 15.4 Å². The zero-order chi connectivity index (χ0) is 12.1. The summed E-state index contributed by atoms with van der Waals surface area (Å²) < 4.78 is 5.17. The standard InChI is InChI=1S/C13H21N3O/c1-17-13-10-12(6-8-15-13)16-9-3-5-11(16)4-2-7-14/h6,8,10-11H,2-5,7,9,14H2,1H3. The van der Waals surface area contributed by atoms with Gasteiger partial charge in [-0.1, -0.05) is 0 Å². The molecule has 1 atom stereocenters. The number of aromatic nitrogens is 1. The van der Waals surface area contributed by atoms with Crippen LogP contribution in [0.5, 0.6) is 5.88 Å². The minimum Gasteiger partial charge on any atom is -0.481 e. The van der Waals surface area contributed by atoms with E-state index in [0.29, 0.717) is 11.9 Å². The van der Waals surface area contributed by atoms with E-state index in [2.05, 4.69) is 16.0 Å². The number of nitrogens with zero attached hydrogens (tertiary/aromatic N) is 2. The van der Waals surface area contributed by atoms with Crippen molar-refractivity contribution in [2.45, 2.75) is 31.7 Å². The van der Waals surface area contributed by atoms with Crippen LogP contribution in [-0.2, 0) is 0 Å². The third kappa shape index (κ3) is 2.88. The van der Waals surface area contributed by atoms with E-state index in [9.17, 15) is 0 Å². The van der Waals surface area contributed by atoms with E-state index >= 15 is 0 Å². The zero-order valence-electron chi connectivity index (χ0n) is 10.4. The fourth-order valence-electron chi connectivity index (χ4n) is 2.52. The minimum absolute atomic E-state index is 0.630. The van der Waals surface area contributed by atoms with Crippen LogP contribution in [0.4, 0.5) is 5.69 Å². The number of methoxy groups -OCH3 is 1. The number of pyridine rings is 1. The number of hydrogen-bond donors (Lipinski definition) is 1. The normalized spacial score (nSPS) is 19.6. The van der Waals surface area contributed by atoms with Gasteiger partial charge in [-0.15, -0.1) is 0 Å². The molecule has 0 amide bonds. The lowest BCUT2D eigenvalue weighted by Gasteiger charge is -2.26. The fourth-order valence-corrected chi connectivity index (χ4v) is 2.52. The highest BCUT2D eigenvalue weighted by Crippen LogP contribution is 2.29. The lowest BCUT2D eigenvalue weighted by atomic mass is 10.1. The Kier molecular flexibility index (Phi) is 4.20. The third-order valence-corrected chi connectivity index (χ3v) is 3.38. The average molecular weight is 235 g/mol. The van der Waals surface area contributed by atoms with Gasteiger partial charge in [0.1, 0.15) is 0 Å². The predicted molar refractivity (Wildman–Crippen MR) is 69.4 cm³/mol. The molecule has 4 heteroatoms. The highest BCUT2D eigenvalue weighted by Gasteiger charge is 2.24. The van der Waals surface area contributed by atoms with Crippen LogP contribution in [0.1, 0.15) is 25.7 Å². The molecule has 0 aliphatic carbocycles. The smallest absolute Gasteiger partial charge is 0.214 e. The molecule has 2 N–H and O–H groups in total. The lowest BCUT2D eigenvalue weighted by molar-refractivity contribution is 0.398. The number of nitrogens with two attached hydrogens (primary N) is 1. The van der Waals surface area contributed by atoms with Crippen molar-refractivity contribution < 1.29 is 4.74 Å². The topological polar surface area (TPSA) is 51.4 Å². The molecule has 0 radical (unpaired) electrons. The maximum absolute atomic E-state index is 5.59. The number of rotatable bonds is 5. The fraction of sp³-hybridized carbons (Fsp3) is 0.615. The van der Waals surface area contributed by atoms with Crippen LogP contribution in [0.2, 0.25) is 0 Å². The molecular formula is C13H21N3O. The van der Waals surface area contributed by atoms with Gasteiger partial charge in [0.25, 0.3) is 0 Å². The van der Waals surface area contributed by atoms with Gasteiger partial charge in [-0.25, -0.2) is 4.98 Å². The summed E-state index contributed by atoms with van der Waals surface area (Å²) in [6.45, 7) is 1.91. The Bertz CT molecular complexity index is 356. The van der Waals surface area contributed by atoms with Crippen molar-refractivity contribution in [1.82, 2.24) is 4.98 Å². The molecule has 94 valence electrons. The van der Waals surface area contributed by atoms with E-state index in [1.165, 1.54) is 24.9 Å². The highest BCUT2D eigenvalue weighted by atomic mass is 16.5. The van der Waals surface area contributed by atoms with Crippen molar-refractivity contribution >= 4 is 5.69 Å². The van der Waals surface area contributed by atoms with E-state index in [4.69, 9.17) is 10.5 Å². The Morgan fingerprint density at radius 2 is 2.47 bits per heavy atom. The zero-order valence-corrected chi connectivity index (χ0v) is 10.4. The Morgan fingerprint density at radius 1 is 1.59 bits per heavy atom. The molecule has 1 aliphatic heterocycles. The van der Waals surface area contributed by atoms with Gasteiger partial charge in [0, 0.05) is 30.5 Å². The summed E-state index contributed by atoms with van der Waals surface area (Å²) in [6.07, 6.45) is 6.63. The highest BCUT2D eigenvalue weighted by molar-refractivity contribution is 5.49. The quantitative estimate of drug-likeness (QED) is 0.845. The molecule has 1 aliphatic rings. The summed E-state index contributed by atoms with van der Waals surface area (Å²) in [5.74, 6) is 0.687. The molecule has 1 saturated heterocycles. The SMILES string of the molecule is COc1cc(N2CCCC2CCCN)ccn1. The summed E-state index contributed by atoms with van der Waals surface area (Å²) in [6, 6.07) is 4.70. The first kappa shape index (κ1) is 12.2. The maximum atomic E-state index is 5.59. The van der Waals surface area contributed by atoms with Crippen molar-refractivity contribution in [2.24, 2.45) is 5.73 Å². The third-order valence-electron chi connectivity index (χ3n) is 3.38. The van der Waals surface area contributed by atoms with Gasteiger partial charge in [-0.2, -0.15) is 0 Å². The van der Waals surface area contributed by atoms with Crippen LogP contribution in [0.15, 0.2) is 18.3 Å². The Morgan fingerprint density at radius 3 is 3.24 bits per heavy atom. The van der Waals surface area contributed by atoms with E-state index < -0.39 is 0 Å². The minimum atomic E-state index is 0.630. The molecule has 1 unspecified atom stereocenters. The molecule has 2 rings (SSSR count). The summed E-state index contributed by atoms with van der Waals surface area (Å²) >= 11 is 0.